The number of aryl methyl sites for hydroxylation is 1. The van der Waals surface area contributed by atoms with Crippen LogP contribution in [0.4, 0.5) is 11.8 Å². The van der Waals surface area contributed by atoms with Gasteiger partial charge < -0.3 is 15.3 Å². The Morgan fingerprint density at radius 2 is 1.57 bits per heavy atom. The molecular formula is C41H61N5O4S. The molecule has 2 atom stereocenters. The second kappa shape index (κ2) is 22.2. The highest BCUT2D eigenvalue weighted by molar-refractivity contribution is 7.89. The molecule has 1 fully saturated rings. The maximum absolute atomic E-state index is 12.4. The second-order valence-electron chi connectivity index (χ2n) is 13.4. The Hall–Kier alpha value is -3.86. The molecule has 0 saturated heterocycles. The number of rotatable bonds is 12. The largest absolute Gasteiger partial charge is 0.400 e. The van der Waals surface area contributed by atoms with Crippen LogP contribution in [0.5, 0.6) is 0 Å². The SMILES string of the molecule is C=C.CC(=O)C(Cc1ccccc1)NS(=O)(=O)c1ccc(C)cc1.CCC(C)CC1CCC(Nc2nc(N(C)C)c3c(n2)=CCCC=3)CC1.CO. The van der Waals surface area contributed by atoms with Gasteiger partial charge in [0, 0.05) is 32.5 Å². The van der Waals surface area contributed by atoms with Gasteiger partial charge in [0.25, 0.3) is 0 Å². The van der Waals surface area contributed by atoms with Gasteiger partial charge in [0.15, 0.2) is 0 Å². The zero-order chi connectivity index (χ0) is 38.0. The summed E-state index contributed by atoms with van der Waals surface area (Å²) in [5.41, 5.74) is 1.89. The van der Waals surface area contributed by atoms with E-state index in [1.54, 1.807) is 12.1 Å². The number of aliphatic hydroxyl groups is 1. The van der Waals surface area contributed by atoms with Crippen LogP contribution in [0, 0.1) is 18.8 Å². The number of carbonyl (C=O) groups is 1. The van der Waals surface area contributed by atoms with Gasteiger partial charge in [-0.2, -0.15) is 4.98 Å². The fourth-order valence-corrected chi connectivity index (χ4v) is 7.49. The molecule has 0 radical (unpaired) electrons. The van der Waals surface area contributed by atoms with Crippen LogP contribution in [-0.2, 0) is 21.2 Å². The summed E-state index contributed by atoms with van der Waals surface area (Å²) in [6.45, 7) is 14.0. The Balaban J connectivity index is 0.000000325. The molecular weight excluding hydrogens is 659 g/mol. The average molecular weight is 720 g/mol. The minimum Gasteiger partial charge on any atom is -0.400 e. The minimum atomic E-state index is -3.71. The molecule has 0 amide bonds. The second-order valence-corrected chi connectivity index (χ2v) is 15.2. The molecule has 1 saturated carbocycles. The number of nitrogens with zero attached hydrogens (tertiary/aromatic N) is 3. The van der Waals surface area contributed by atoms with Gasteiger partial charge >= 0.3 is 0 Å². The van der Waals surface area contributed by atoms with E-state index < -0.39 is 16.1 Å². The molecule has 1 aromatic heterocycles. The molecule has 3 aromatic rings. The number of nitrogens with one attached hydrogen (secondary N) is 2. The van der Waals surface area contributed by atoms with E-state index in [0.717, 1.165) is 60.0 Å². The van der Waals surface area contributed by atoms with E-state index in [-0.39, 0.29) is 10.7 Å². The Kier molecular flexibility index (Phi) is 18.8. The third-order valence-electron chi connectivity index (χ3n) is 9.25. The van der Waals surface area contributed by atoms with Crippen LogP contribution in [-0.4, -0.2) is 62.6 Å². The van der Waals surface area contributed by atoms with Crippen molar-refractivity contribution in [2.75, 3.05) is 31.4 Å². The lowest BCUT2D eigenvalue weighted by Crippen LogP contribution is -2.41. The van der Waals surface area contributed by atoms with Crippen molar-refractivity contribution >= 4 is 39.7 Å². The monoisotopic (exact) mass is 719 g/mol. The summed E-state index contributed by atoms with van der Waals surface area (Å²) in [5, 5.41) is 12.9. The van der Waals surface area contributed by atoms with Gasteiger partial charge in [0.2, 0.25) is 16.0 Å². The van der Waals surface area contributed by atoms with Gasteiger partial charge in [0.1, 0.15) is 11.6 Å². The van der Waals surface area contributed by atoms with E-state index in [2.05, 4.69) is 68.2 Å². The first-order chi connectivity index (χ1) is 24.4. The Labute approximate surface area is 307 Å². The van der Waals surface area contributed by atoms with Crippen LogP contribution in [0.3, 0.4) is 0 Å². The lowest BCUT2D eigenvalue weighted by Gasteiger charge is -2.30. The molecule has 2 unspecified atom stereocenters. The molecule has 2 aliphatic carbocycles. The van der Waals surface area contributed by atoms with Crippen molar-refractivity contribution in [2.24, 2.45) is 11.8 Å². The van der Waals surface area contributed by atoms with Crippen molar-refractivity contribution in [1.82, 2.24) is 14.7 Å². The van der Waals surface area contributed by atoms with Crippen LogP contribution < -0.4 is 25.5 Å². The Bertz CT molecular complexity index is 1710. The molecule has 0 spiro atoms. The third-order valence-corrected chi connectivity index (χ3v) is 10.7. The van der Waals surface area contributed by atoms with E-state index in [4.69, 9.17) is 15.1 Å². The highest BCUT2D eigenvalue weighted by atomic mass is 32.2. The van der Waals surface area contributed by atoms with Crippen molar-refractivity contribution < 1.29 is 18.3 Å². The molecule has 3 N–H and O–H groups in total. The van der Waals surface area contributed by atoms with Crippen LogP contribution in [0.1, 0.15) is 83.3 Å². The smallest absolute Gasteiger partial charge is 0.241 e. The molecule has 9 nitrogen and oxygen atoms in total. The van der Waals surface area contributed by atoms with Crippen molar-refractivity contribution in [2.45, 2.75) is 102 Å². The minimum absolute atomic E-state index is 0.164. The van der Waals surface area contributed by atoms with Crippen molar-refractivity contribution in [3.05, 3.63) is 89.4 Å². The molecule has 1 heterocycles. The highest BCUT2D eigenvalue weighted by Crippen LogP contribution is 2.31. The number of aliphatic hydroxyl groups excluding tert-OH is 1. The summed E-state index contributed by atoms with van der Waals surface area (Å²) in [5.74, 6) is 3.42. The maximum Gasteiger partial charge on any atom is 0.241 e. The topological polar surface area (TPSA) is 125 Å². The summed E-state index contributed by atoms with van der Waals surface area (Å²) >= 11 is 0. The maximum atomic E-state index is 12.4. The van der Waals surface area contributed by atoms with E-state index >= 15 is 0 Å². The van der Waals surface area contributed by atoms with Crippen molar-refractivity contribution in [1.29, 1.82) is 0 Å². The summed E-state index contributed by atoms with van der Waals surface area (Å²) in [6, 6.07) is 15.6. The van der Waals surface area contributed by atoms with Crippen LogP contribution in [0.25, 0.3) is 12.2 Å². The highest BCUT2D eigenvalue weighted by Gasteiger charge is 2.24. The summed E-state index contributed by atoms with van der Waals surface area (Å²) < 4.78 is 27.3. The third kappa shape index (κ3) is 14.0. The number of carbonyl (C=O) groups excluding carboxylic acids is 1. The number of Topliss-reactive ketones (excluding diaryl/α,β-unsaturated/α-hetero) is 1. The molecule has 51 heavy (non-hydrogen) atoms. The molecule has 5 rings (SSSR count). The van der Waals surface area contributed by atoms with Crippen LogP contribution >= 0.6 is 0 Å². The molecule has 10 heteroatoms. The van der Waals surface area contributed by atoms with E-state index in [1.807, 2.05) is 37.3 Å². The zero-order valence-corrected chi connectivity index (χ0v) is 32.7. The molecule has 0 aliphatic heterocycles. The zero-order valence-electron chi connectivity index (χ0n) is 31.9. The number of anilines is 2. The predicted octanol–water partition coefficient (Wildman–Crippen LogP) is 6.19. The predicted molar refractivity (Wildman–Crippen MR) is 213 cm³/mol. The average Bonchev–Trinajstić information content (AvgIpc) is 3.14. The fourth-order valence-electron chi connectivity index (χ4n) is 6.23. The number of sulfonamides is 1. The fraction of sp³-hybridized carbons (Fsp3) is 0.488. The number of hydrogen-bond donors (Lipinski definition) is 3. The lowest BCUT2D eigenvalue weighted by molar-refractivity contribution is -0.118. The number of fused-ring (bicyclic) bond motifs is 1. The molecule has 2 aliphatic rings. The van der Waals surface area contributed by atoms with Crippen molar-refractivity contribution in [3.8, 4) is 0 Å². The van der Waals surface area contributed by atoms with E-state index in [1.165, 1.54) is 62.8 Å². The number of hydrogen-bond acceptors (Lipinski definition) is 8. The quantitative estimate of drug-likeness (QED) is 0.190. The van der Waals surface area contributed by atoms with Crippen LogP contribution in [0.15, 0.2) is 72.7 Å². The normalized spacial score (nSPS) is 17.4. The van der Waals surface area contributed by atoms with Gasteiger partial charge in [-0.15, -0.1) is 13.2 Å². The molecule has 280 valence electrons. The van der Waals surface area contributed by atoms with E-state index in [9.17, 15) is 13.2 Å². The molecule has 2 aromatic carbocycles. The first-order valence-electron chi connectivity index (χ1n) is 18.1. The first-order valence-corrected chi connectivity index (χ1v) is 19.5. The summed E-state index contributed by atoms with van der Waals surface area (Å²) in [4.78, 5) is 23.7. The van der Waals surface area contributed by atoms with Crippen molar-refractivity contribution in [3.63, 3.8) is 0 Å². The lowest BCUT2D eigenvalue weighted by atomic mass is 9.80. The number of aromatic nitrogens is 2. The van der Waals surface area contributed by atoms with Gasteiger partial charge in [-0.1, -0.05) is 80.4 Å². The van der Waals surface area contributed by atoms with Gasteiger partial charge in [0.05, 0.1) is 16.3 Å². The van der Waals surface area contributed by atoms with Crippen LogP contribution in [0.2, 0.25) is 0 Å². The number of benzene rings is 2. The molecule has 0 bridgehead atoms. The summed E-state index contributed by atoms with van der Waals surface area (Å²) in [6.07, 6.45) is 14.9. The Morgan fingerprint density at radius 1 is 0.961 bits per heavy atom. The number of ketones is 1. The first kappa shape index (κ1) is 43.3. The summed E-state index contributed by atoms with van der Waals surface area (Å²) in [7, 11) is 1.42. The van der Waals surface area contributed by atoms with E-state index in [0.29, 0.717) is 12.5 Å². The van der Waals surface area contributed by atoms with Gasteiger partial charge in [-0.3, -0.25) is 4.79 Å². The van der Waals surface area contributed by atoms with Gasteiger partial charge in [-0.25, -0.2) is 18.1 Å². The van der Waals surface area contributed by atoms with Gasteiger partial charge in [-0.05, 0) is 94.7 Å². The Morgan fingerprint density at radius 3 is 2.14 bits per heavy atom. The standard InChI is InChI=1S/C21H34N4.C17H19NO3S.C2H4.CH4O/c1-5-15(2)14-16-10-12-17(13-11-16)22-21-23-19-9-7-6-8-18(19)20(24-21)25(3)4;1-13-8-10-16(11-9-13)22(20,21)18-17(14(2)19)12-15-6-4-3-5-7-15;2*1-2/h8-9,15-17H,5-7,10-14H2,1-4H3,(H,22,23);3-11,17-18H,12H2,1-2H3;1-2H2;2H,1H3.